The van der Waals surface area contributed by atoms with Crippen molar-refractivity contribution >= 4 is 33.4 Å². The highest BCUT2D eigenvalue weighted by molar-refractivity contribution is 7.19. The van der Waals surface area contributed by atoms with Crippen LogP contribution in [0.3, 0.4) is 0 Å². The number of aryl methyl sites for hydroxylation is 1. The number of carbonyl (C=O) groups is 2. The van der Waals surface area contributed by atoms with Crippen molar-refractivity contribution in [1.29, 1.82) is 0 Å². The van der Waals surface area contributed by atoms with Gasteiger partial charge in [0.2, 0.25) is 0 Å². The van der Waals surface area contributed by atoms with E-state index in [0.717, 1.165) is 15.8 Å². The largest absolute Gasteiger partial charge is 0.489 e. The number of hydrogen-bond acceptors (Lipinski definition) is 6. The fourth-order valence-corrected chi connectivity index (χ4v) is 4.61. The van der Waals surface area contributed by atoms with Crippen LogP contribution >= 0.6 is 11.3 Å². The smallest absolute Gasteiger partial charge is 0.433 e. The average Bonchev–Trinajstić information content (AvgIpc) is 3.33. The van der Waals surface area contributed by atoms with Gasteiger partial charge in [-0.3, -0.25) is 9.78 Å². The van der Waals surface area contributed by atoms with Gasteiger partial charge >= 0.3 is 12.3 Å². The summed E-state index contributed by atoms with van der Waals surface area (Å²) < 4.78 is 50.8. The quantitative estimate of drug-likeness (QED) is 0.544. The number of hydrogen-bond donors (Lipinski definition) is 1. The number of halogens is 3. The van der Waals surface area contributed by atoms with Gasteiger partial charge in [-0.05, 0) is 31.2 Å². The van der Waals surface area contributed by atoms with E-state index in [0.29, 0.717) is 36.4 Å². The summed E-state index contributed by atoms with van der Waals surface area (Å²) in [6.07, 6.45) is -3.89. The SMILES string of the molecule is Cc1sc2ccc(OCc3cccnc3C(F)(F)F)cc2c1C(=O)NCCN1CCOC1=O. The second kappa shape index (κ2) is 9.26. The number of aromatic nitrogens is 1. The monoisotopic (exact) mass is 479 g/mol. The molecule has 1 aliphatic heterocycles. The average molecular weight is 479 g/mol. The van der Waals surface area contributed by atoms with E-state index in [1.807, 2.05) is 6.92 Å². The van der Waals surface area contributed by atoms with E-state index < -0.39 is 18.0 Å². The van der Waals surface area contributed by atoms with Crippen LogP contribution in [0.4, 0.5) is 18.0 Å². The van der Waals surface area contributed by atoms with E-state index in [-0.39, 0.29) is 24.6 Å². The molecule has 0 atom stereocenters. The molecule has 7 nitrogen and oxygen atoms in total. The van der Waals surface area contributed by atoms with Crippen molar-refractivity contribution in [2.24, 2.45) is 0 Å². The van der Waals surface area contributed by atoms with Gasteiger partial charge in [-0.2, -0.15) is 13.2 Å². The molecular weight excluding hydrogens is 459 g/mol. The highest BCUT2D eigenvalue weighted by atomic mass is 32.1. The van der Waals surface area contributed by atoms with Crippen molar-refractivity contribution in [1.82, 2.24) is 15.2 Å². The minimum absolute atomic E-state index is 0.0787. The summed E-state index contributed by atoms with van der Waals surface area (Å²) >= 11 is 1.44. The standard InChI is InChI=1S/C22H20F3N3O4S/c1-13-18(20(29)27-7-8-28-9-10-31-21(28)30)16-11-15(4-5-17(16)33-13)32-12-14-3-2-6-26-19(14)22(23,24)25/h2-6,11H,7-10,12H2,1H3,(H,27,29). The van der Waals surface area contributed by atoms with Crippen LogP contribution in [0.1, 0.15) is 26.5 Å². The van der Waals surface area contributed by atoms with Crippen LogP contribution in [0.25, 0.3) is 10.1 Å². The predicted molar refractivity (Wildman–Crippen MR) is 115 cm³/mol. The second-order valence-corrected chi connectivity index (χ2v) is 8.60. The first-order valence-electron chi connectivity index (χ1n) is 10.1. The molecule has 1 fully saturated rings. The van der Waals surface area contributed by atoms with E-state index in [1.54, 1.807) is 18.2 Å². The van der Waals surface area contributed by atoms with Gasteiger partial charge in [-0.15, -0.1) is 11.3 Å². The normalized spacial score (nSPS) is 13.9. The van der Waals surface area contributed by atoms with Gasteiger partial charge in [0.25, 0.3) is 5.91 Å². The van der Waals surface area contributed by atoms with Crippen LogP contribution in [-0.2, 0) is 17.5 Å². The van der Waals surface area contributed by atoms with Gasteiger partial charge in [-0.1, -0.05) is 6.07 Å². The maximum atomic E-state index is 13.2. The molecule has 1 N–H and O–H groups in total. The van der Waals surface area contributed by atoms with Crippen molar-refractivity contribution in [3.63, 3.8) is 0 Å². The molecule has 1 saturated heterocycles. The maximum Gasteiger partial charge on any atom is 0.433 e. The Morgan fingerprint density at radius 1 is 1.33 bits per heavy atom. The third kappa shape index (κ3) is 5.03. The summed E-state index contributed by atoms with van der Waals surface area (Å²) in [6.45, 7) is 2.94. The number of fused-ring (bicyclic) bond motifs is 1. The van der Waals surface area contributed by atoms with Crippen LogP contribution in [0.2, 0.25) is 0 Å². The summed E-state index contributed by atoms with van der Waals surface area (Å²) in [5.41, 5.74) is -0.591. The Morgan fingerprint density at radius 2 is 2.15 bits per heavy atom. The predicted octanol–water partition coefficient (Wildman–Crippen LogP) is 4.38. The first kappa shape index (κ1) is 22.8. The molecule has 4 rings (SSSR count). The Balaban J connectivity index is 1.48. The lowest BCUT2D eigenvalue weighted by atomic mass is 10.1. The molecule has 33 heavy (non-hydrogen) atoms. The minimum atomic E-state index is -4.58. The van der Waals surface area contributed by atoms with Gasteiger partial charge in [0, 0.05) is 39.8 Å². The summed E-state index contributed by atoms with van der Waals surface area (Å²) in [5.74, 6) is 0.0428. The third-order valence-corrected chi connectivity index (χ3v) is 6.22. The topological polar surface area (TPSA) is 80.8 Å². The molecular formula is C22H20F3N3O4S. The molecule has 3 aromatic rings. The number of benzene rings is 1. The number of nitrogens with zero attached hydrogens (tertiary/aromatic N) is 2. The van der Waals surface area contributed by atoms with Crippen molar-refractivity contribution in [3.8, 4) is 5.75 Å². The van der Waals surface area contributed by atoms with Crippen LogP contribution in [0, 0.1) is 6.92 Å². The molecule has 0 aliphatic carbocycles. The zero-order valence-corrected chi connectivity index (χ0v) is 18.4. The van der Waals surface area contributed by atoms with Gasteiger partial charge in [0.05, 0.1) is 12.1 Å². The zero-order chi connectivity index (χ0) is 23.6. The first-order valence-corrected chi connectivity index (χ1v) is 10.9. The Labute approximate surface area is 191 Å². The first-order chi connectivity index (χ1) is 15.7. The zero-order valence-electron chi connectivity index (χ0n) is 17.6. The molecule has 0 unspecified atom stereocenters. The van der Waals surface area contributed by atoms with Crippen LogP contribution in [0.15, 0.2) is 36.5 Å². The summed E-state index contributed by atoms with van der Waals surface area (Å²) in [4.78, 5) is 30.1. The molecule has 0 radical (unpaired) electrons. The number of thiophene rings is 1. The number of pyridine rings is 1. The molecule has 2 aromatic heterocycles. The number of rotatable bonds is 7. The van der Waals surface area contributed by atoms with Gasteiger partial charge in [-0.25, -0.2) is 4.79 Å². The second-order valence-electron chi connectivity index (χ2n) is 7.35. The summed E-state index contributed by atoms with van der Waals surface area (Å²) in [7, 11) is 0. The number of carbonyl (C=O) groups excluding carboxylic acids is 2. The number of alkyl halides is 3. The molecule has 11 heteroatoms. The number of ether oxygens (including phenoxy) is 2. The van der Waals surface area contributed by atoms with Crippen molar-refractivity contribution < 1.29 is 32.2 Å². The number of amides is 2. The molecule has 0 spiro atoms. The molecule has 0 saturated carbocycles. The molecule has 2 amide bonds. The fraction of sp³-hybridized carbons (Fsp3) is 0.318. The van der Waals surface area contributed by atoms with Crippen LogP contribution in [0.5, 0.6) is 5.75 Å². The van der Waals surface area contributed by atoms with Crippen molar-refractivity contribution in [3.05, 3.63) is 58.2 Å². The highest BCUT2D eigenvalue weighted by Crippen LogP contribution is 2.34. The Morgan fingerprint density at radius 3 is 2.88 bits per heavy atom. The van der Waals surface area contributed by atoms with Crippen LogP contribution < -0.4 is 10.1 Å². The van der Waals surface area contributed by atoms with Crippen molar-refractivity contribution in [2.45, 2.75) is 19.7 Å². The molecule has 3 heterocycles. The Kier molecular flexibility index (Phi) is 6.41. The molecule has 174 valence electrons. The van der Waals surface area contributed by atoms with E-state index in [1.165, 1.54) is 28.4 Å². The maximum absolute atomic E-state index is 13.2. The lowest BCUT2D eigenvalue weighted by Gasteiger charge is -2.13. The van der Waals surface area contributed by atoms with Gasteiger partial charge < -0.3 is 19.7 Å². The highest BCUT2D eigenvalue weighted by Gasteiger charge is 2.35. The number of cyclic esters (lactones) is 1. The fourth-order valence-electron chi connectivity index (χ4n) is 3.56. The lowest BCUT2D eigenvalue weighted by molar-refractivity contribution is -0.142. The number of nitrogens with one attached hydrogen (secondary N) is 1. The van der Waals surface area contributed by atoms with E-state index in [9.17, 15) is 22.8 Å². The van der Waals surface area contributed by atoms with Crippen LogP contribution in [-0.4, -0.2) is 48.1 Å². The van der Waals surface area contributed by atoms with E-state index in [4.69, 9.17) is 9.47 Å². The van der Waals surface area contributed by atoms with E-state index in [2.05, 4.69) is 10.3 Å². The van der Waals surface area contributed by atoms with Gasteiger partial charge in [0.1, 0.15) is 19.0 Å². The van der Waals surface area contributed by atoms with Crippen molar-refractivity contribution in [2.75, 3.05) is 26.2 Å². The molecule has 0 bridgehead atoms. The summed E-state index contributed by atoms with van der Waals surface area (Å²) in [5, 5.41) is 3.46. The summed E-state index contributed by atoms with van der Waals surface area (Å²) in [6, 6.07) is 7.81. The van der Waals surface area contributed by atoms with E-state index >= 15 is 0 Å². The third-order valence-electron chi connectivity index (χ3n) is 5.13. The molecule has 1 aromatic carbocycles. The van der Waals surface area contributed by atoms with Gasteiger partial charge in [0.15, 0.2) is 5.69 Å². The lowest BCUT2D eigenvalue weighted by Crippen LogP contribution is -2.35. The minimum Gasteiger partial charge on any atom is -0.489 e. The molecule has 1 aliphatic rings. The Hall–Kier alpha value is -3.34. The Bertz CT molecular complexity index is 1200.